The molecule has 2 aliphatic carbocycles. The largest absolute Gasteiger partial charge is 0.462 e. The highest BCUT2D eigenvalue weighted by atomic mass is 79.9. The molecule has 0 spiro atoms. The number of carbonyl (C=O) groups excluding carboxylic acids is 4. The number of halogens is 2. The zero-order chi connectivity index (χ0) is 23.3. The van der Waals surface area contributed by atoms with E-state index in [1.54, 1.807) is 31.2 Å². The first kappa shape index (κ1) is 23.4. The third-order valence-corrected chi connectivity index (χ3v) is 9.93. The summed E-state index contributed by atoms with van der Waals surface area (Å²) in [6.45, 7) is 5.82. The van der Waals surface area contributed by atoms with E-state index in [1.807, 2.05) is 13.8 Å². The predicted molar refractivity (Wildman–Crippen MR) is 126 cm³/mol. The summed E-state index contributed by atoms with van der Waals surface area (Å²) in [5.74, 6) is -1.61. The molecule has 0 radical (unpaired) electrons. The molecule has 7 atom stereocenters. The molecule has 9 heteroatoms. The summed E-state index contributed by atoms with van der Waals surface area (Å²) in [6, 6.07) is 5.43. The van der Waals surface area contributed by atoms with Crippen molar-refractivity contribution >= 4 is 61.2 Å². The maximum atomic E-state index is 13.1. The van der Waals surface area contributed by atoms with Crippen molar-refractivity contribution in [3.63, 3.8) is 0 Å². The van der Waals surface area contributed by atoms with Crippen LogP contribution in [0.15, 0.2) is 24.3 Å². The highest BCUT2D eigenvalue weighted by molar-refractivity contribution is 9.12. The molecule has 1 saturated heterocycles. The first-order valence-corrected chi connectivity index (χ1v) is 12.7. The molecular formula is C23H26Br2N2O5. The maximum absolute atomic E-state index is 13.1. The van der Waals surface area contributed by atoms with E-state index in [0.29, 0.717) is 17.9 Å². The number of carbonyl (C=O) groups is 4. The lowest BCUT2D eigenvalue weighted by Crippen LogP contribution is -2.46. The van der Waals surface area contributed by atoms with E-state index in [0.717, 1.165) is 11.3 Å². The molecule has 1 N–H and O–H groups in total. The van der Waals surface area contributed by atoms with Gasteiger partial charge in [0.1, 0.15) is 6.04 Å². The number of nitrogens with zero attached hydrogens (tertiary/aromatic N) is 1. The highest BCUT2D eigenvalue weighted by Gasteiger charge is 2.67. The van der Waals surface area contributed by atoms with Gasteiger partial charge in [-0.05, 0) is 55.4 Å². The van der Waals surface area contributed by atoms with Crippen LogP contribution in [0.1, 0.15) is 37.6 Å². The third-order valence-electron chi connectivity index (χ3n) is 6.72. The molecule has 3 amide bonds. The molecule has 7 nitrogen and oxygen atoms in total. The van der Waals surface area contributed by atoms with Gasteiger partial charge in [-0.3, -0.25) is 19.3 Å². The second kappa shape index (κ2) is 8.89. The van der Waals surface area contributed by atoms with E-state index in [4.69, 9.17) is 4.74 Å². The number of hydrogen-bond donors (Lipinski definition) is 1. The summed E-state index contributed by atoms with van der Waals surface area (Å²) in [5, 5.41) is 2.74. The van der Waals surface area contributed by atoms with Gasteiger partial charge in [-0.2, -0.15) is 0 Å². The minimum Gasteiger partial charge on any atom is -0.462 e. The van der Waals surface area contributed by atoms with E-state index in [9.17, 15) is 19.2 Å². The molecule has 4 rings (SSSR count). The Morgan fingerprint density at radius 1 is 1.03 bits per heavy atom. The number of anilines is 1. The van der Waals surface area contributed by atoms with E-state index >= 15 is 0 Å². The Morgan fingerprint density at radius 3 is 2.06 bits per heavy atom. The number of nitrogens with one attached hydrogen (secondary N) is 1. The average molecular weight is 570 g/mol. The van der Waals surface area contributed by atoms with Crippen LogP contribution in [0.2, 0.25) is 0 Å². The van der Waals surface area contributed by atoms with Gasteiger partial charge < -0.3 is 10.1 Å². The van der Waals surface area contributed by atoms with Crippen molar-refractivity contribution in [2.45, 2.75) is 42.9 Å². The third kappa shape index (κ3) is 3.91. The molecule has 0 unspecified atom stereocenters. The SMILES string of the molecule is CC(C)COC(=O)c1ccc(NC(=O)[C@@H](C)N2C(=O)[C@H]3[C@@H]4C[C@H]([C@@H](Br)[C@H]4Br)[C@@H]3C2=O)cc1. The van der Waals surface area contributed by atoms with Gasteiger partial charge >= 0.3 is 5.97 Å². The second-order valence-corrected chi connectivity index (χ2v) is 11.4. The van der Waals surface area contributed by atoms with Gasteiger partial charge in [0, 0.05) is 15.3 Å². The molecule has 1 aromatic rings. The standard InChI is InChI=1S/C23H26Br2N2O5/c1-10(2)9-32-23(31)12-4-6-13(7-5-12)26-20(28)11(3)27-21(29)16-14-8-15(17(16)22(27)30)19(25)18(14)24/h4-7,10-11,14-19H,8-9H2,1-3H3,(H,26,28)/t11-,14+,15+,16+,17+,18-,19+/m1/s1. The predicted octanol–water partition coefficient (Wildman–Crippen LogP) is 3.60. The number of alkyl halides is 2. The van der Waals surface area contributed by atoms with Gasteiger partial charge in [-0.15, -0.1) is 0 Å². The Kier molecular flexibility index (Phi) is 6.51. The number of rotatable bonds is 6. The molecule has 2 bridgehead atoms. The molecule has 32 heavy (non-hydrogen) atoms. The van der Waals surface area contributed by atoms with Crippen LogP contribution in [-0.4, -0.2) is 50.9 Å². The van der Waals surface area contributed by atoms with Crippen LogP contribution < -0.4 is 5.32 Å². The Hall–Kier alpha value is -1.74. The zero-order valence-electron chi connectivity index (χ0n) is 18.1. The summed E-state index contributed by atoms with van der Waals surface area (Å²) in [7, 11) is 0. The number of esters is 1. The summed E-state index contributed by atoms with van der Waals surface area (Å²) in [5.41, 5.74) is 0.862. The Balaban J connectivity index is 1.41. The summed E-state index contributed by atoms with van der Waals surface area (Å²) in [6.07, 6.45) is 0.846. The van der Waals surface area contributed by atoms with Crippen molar-refractivity contribution in [1.29, 1.82) is 0 Å². The maximum Gasteiger partial charge on any atom is 0.338 e. The van der Waals surface area contributed by atoms with Crippen LogP contribution in [0.5, 0.6) is 0 Å². The van der Waals surface area contributed by atoms with E-state index in [-0.39, 0.29) is 51.1 Å². The molecule has 1 heterocycles. The fourth-order valence-electron chi connectivity index (χ4n) is 5.13. The number of ether oxygens (including phenoxy) is 1. The van der Waals surface area contributed by atoms with Crippen LogP contribution in [0.4, 0.5) is 5.69 Å². The van der Waals surface area contributed by atoms with Crippen molar-refractivity contribution in [3.05, 3.63) is 29.8 Å². The molecule has 3 aliphatic rings. The summed E-state index contributed by atoms with van der Waals surface area (Å²) >= 11 is 7.33. The van der Waals surface area contributed by atoms with Gasteiger partial charge in [0.25, 0.3) is 0 Å². The van der Waals surface area contributed by atoms with Crippen molar-refractivity contribution < 1.29 is 23.9 Å². The molecule has 3 fully saturated rings. The molecule has 1 aromatic carbocycles. The summed E-state index contributed by atoms with van der Waals surface area (Å²) in [4.78, 5) is 52.5. The van der Waals surface area contributed by atoms with E-state index < -0.39 is 17.9 Å². The monoisotopic (exact) mass is 568 g/mol. The van der Waals surface area contributed by atoms with Crippen molar-refractivity contribution in [2.24, 2.45) is 29.6 Å². The van der Waals surface area contributed by atoms with Crippen molar-refractivity contribution in [3.8, 4) is 0 Å². The minimum absolute atomic E-state index is 0.106. The number of imide groups is 1. The Bertz CT molecular complexity index is 918. The van der Waals surface area contributed by atoms with Gasteiger partial charge in [0.2, 0.25) is 17.7 Å². The normalized spacial score (nSPS) is 31.8. The number of fused-ring (bicyclic) bond motifs is 5. The van der Waals surface area contributed by atoms with Gasteiger partial charge in [-0.1, -0.05) is 45.7 Å². The first-order valence-electron chi connectivity index (χ1n) is 10.8. The van der Waals surface area contributed by atoms with Crippen LogP contribution >= 0.6 is 31.9 Å². The summed E-state index contributed by atoms with van der Waals surface area (Å²) < 4.78 is 5.20. The number of benzene rings is 1. The highest BCUT2D eigenvalue weighted by Crippen LogP contribution is 2.60. The van der Waals surface area contributed by atoms with Gasteiger partial charge in [-0.25, -0.2) is 4.79 Å². The van der Waals surface area contributed by atoms with Crippen LogP contribution in [0, 0.1) is 29.6 Å². The van der Waals surface area contributed by atoms with Crippen LogP contribution in [-0.2, 0) is 19.1 Å². The van der Waals surface area contributed by atoms with Crippen molar-refractivity contribution in [2.75, 3.05) is 11.9 Å². The Morgan fingerprint density at radius 2 is 1.56 bits per heavy atom. The second-order valence-electron chi connectivity index (χ2n) is 9.29. The number of hydrogen-bond acceptors (Lipinski definition) is 5. The van der Waals surface area contributed by atoms with Crippen LogP contribution in [0.3, 0.4) is 0 Å². The van der Waals surface area contributed by atoms with Crippen molar-refractivity contribution in [1.82, 2.24) is 4.90 Å². The molecule has 1 aliphatic heterocycles. The molecular weight excluding hydrogens is 544 g/mol. The molecule has 0 aromatic heterocycles. The Labute approximate surface area is 203 Å². The number of amides is 3. The zero-order valence-corrected chi connectivity index (χ0v) is 21.3. The van der Waals surface area contributed by atoms with Gasteiger partial charge in [0.05, 0.1) is 24.0 Å². The fraction of sp³-hybridized carbons (Fsp3) is 0.565. The fourth-order valence-corrected chi connectivity index (χ4v) is 7.01. The van der Waals surface area contributed by atoms with Gasteiger partial charge in [0.15, 0.2) is 0 Å². The quantitative estimate of drug-likeness (QED) is 0.321. The number of likely N-dealkylation sites (tertiary alicyclic amines) is 1. The lowest BCUT2D eigenvalue weighted by Gasteiger charge is -2.28. The van der Waals surface area contributed by atoms with E-state index in [1.165, 1.54) is 0 Å². The topological polar surface area (TPSA) is 92.8 Å². The molecule has 172 valence electrons. The minimum atomic E-state index is -0.918. The van der Waals surface area contributed by atoms with E-state index in [2.05, 4.69) is 37.2 Å². The smallest absolute Gasteiger partial charge is 0.338 e. The first-order chi connectivity index (χ1) is 15.1. The molecule has 2 saturated carbocycles. The lowest BCUT2D eigenvalue weighted by atomic mass is 9.81. The average Bonchev–Trinajstić information content (AvgIpc) is 3.36. The lowest BCUT2D eigenvalue weighted by molar-refractivity contribution is -0.146. The van der Waals surface area contributed by atoms with Crippen LogP contribution in [0.25, 0.3) is 0 Å².